The molecule has 0 aromatic heterocycles. The zero-order valence-corrected chi connectivity index (χ0v) is 12.5. The van der Waals surface area contributed by atoms with Gasteiger partial charge in [0.2, 0.25) is 5.91 Å². The van der Waals surface area contributed by atoms with Gasteiger partial charge in [0.15, 0.2) is 0 Å². The van der Waals surface area contributed by atoms with Crippen LogP contribution in [0.1, 0.15) is 12.0 Å². The van der Waals surface area contributed by atoms with Crippen molar-refractivity contribution >= 4 is 18.3 Å². The van der Waals surface area contributed by atoms with Gasteiger partial charge >= 0.3 is 0 Å². The van der Waals surface area contributed by atoms with Gasteiger partial charge in [-0.05, 0) is 42.0 Å². The molecule has 1 aromatic carbocycles. The van der Waals surface area contributed by atoms with E-state index in [4.69, 9.17) is 0 Å². The van der Waals surface area contributed by atoms with Crippen molar-refractivity contribution in [1.82, 2.24) is 10.2 Å². The van der Waals surface area contributed by atoms with E-state index in [0.29, 0.717) is 11.8 Å². The number of hydrogen-bond donors (Lipinski definition) is 1. The van der Waals surface area contributed by atoms with Crippen molar-refractivity contribution in [2.45, 2.75) is 12.8 Å². The molecule has 2 heterocycles. The van der Waals surface area contributed by atoms with Gasteiger partial charge in [0.05, 0.1) is 0 Å². The monoisotopic (exact) mass is 316 g/mol. The van der Waals surface area contributed by atoms with E-state index in [-0.39, 0.29) is 36.7 Å². The summed E-state index contributed by atoms with van der Waals surface area (Å²) in [5.74, 6) is 0.259. The molecule has 2 fully saturated rings. The van der Waals surface area contributed by atoms with E-state index in [1.807, 2.05) is 4.90 Å². The molecule has 21 heavy (non-hydrogen) atoms. The second-order valence-electron chi connectivity index (χ2n) is 5.71. The molecular formula is C15H19ClF2N2O. The molecule has 0 saturated carbocycles. The smallest absolute Gasteiger partial charge is 0.222 e. The Balaban J connectivity index is 0.00000161. The molecule has 0 aliphatic carbocycles. The molecule has 1 N–H and O–H groups in total. The summed E-state index contributed by atoms with van der Waals surface area (Å²) in [4.78, 5) is 14.0. The molecule has 3 rings (SSSR count). The average Bonchev–Trinajstić information content (AvgIpc) is 3.00. The number of nitrogens with zero attached hydrogens (tertiary/aromatic N) is 1. The second-order valence-corrected chi connectivity index (χ2v) is 5.71. The Labute approximate surface area is 129 Å². The Morgan fingerprint density at radius 2 is 1.90 bits per heavy atom. The van der Waals surface area contributed by atoms with Gasteiger partial charge in [-0.2, -0.15) is 0 Å². The molecule has 1 aromatic rings. The first-order valence-corrected chi connectivity index (χ1v) is 7.06. The predicted octanol–water partition coefficient (Wildman–Crippen LogP) is 2.00. The molecule has 0 radical (unpaired) electrons. The maximum absolute atomic E-state index is 13.5. The Hall–Kier alpha value is -1.20. The van der Waals surface area contributed by atoms with E-state index in [1.165, 1.54) is 6.07 Å². The summed E-state index contributed by atoms with van der Waals surface area (Å²) in [7, 11) is 0. The summed E-state index contributed by atoms with van der Waals surface area (Å²) in [6, 6.07) is 3.38. The quantitative estimate of drug-likeness (QED) is 0.925. The van der Waals surface area contributed by atoms with Crippen LogP contribution in [0.3, 0.4) is 0 Å². The van der Waals surface area contributed by atoms with Crippen molar-refractivity contribution in [2.75, 3.05) is 26.2 Å². The van der Waals surface area contributed by atoms with E-state index in [1.54, 1.807) is 0 Å². The SMILES string of the molecule is Cl.O=C(CCc1cc(F)ccc1F)N1C[C@H]2CNC[C@H]2C1. The van der Waals surface area contributed by atoms with Crippen molar-refractivity contribution in [1.29, 1.82) is 0 Å². The minimum atomic E-state index is -0.462. The Kier molecular flexibility index (Phi) is 5.17. The van der Waals surface area contributed by atoms with Crippen molar-refractivity contribution in [3.8, 4) is 0 Å². The van der Waals surface area contributed by atoms with Crippen molar-refractivity contribution in [3.05, 3.63) is 35.4 Å². The highest BCUT2D eigenvalue weighted by atomic mass is 35.5. The number of hydrogen-bond acceptors (Lipinski definition) is 2. The highest BCUT2D eigenvalue weighted by Gasteiger charge is 2.37. The van der Waals surface area contributed by atoms with Gasteiger partial charge in [0, 0.05) is 32.6 Å². The summed E-state index contributed by atoms with van der Waals surface area (Å²) in [5, 5.41) is 3.33. The molecule has 116 valence electrons. The fraction of sp³-hybridized carbons (Fsp3) is 0.533. The number of fused-ring (bicyclic) bond motifs is 1. The zero-order chi connectivity index (χ0) is 14.1. The maximum Gasteiger partial charge on any atom is 0.222 e. The summed E-state index contributed by atoms with van der Waals surface area (Å²) in [6.07, 6.45) is 0.500. The van der Waals surface area contributed by atoms with E-state index >= 15 is 0 Å². The number of aryl methyl sites for hydroxylation is 1. The molecule has 2 atom stereocenters. The number of nitrogens with one attached hydrogen (secondary N) is 1. The standard InChI is InChI=1S/C15H18F2N2O.ClH/c16-13-2-3-14(17)10(5-13)1-4-15(20)19-8-11-6-18-7-12(11)9-19;/h2-3,5,11-12,18H,1,4,6-9H2;1H/t11-,12+;. The van der Waals surface area contributed by atoms with Gasteiger partial charge in [0.25, 0.3) is 0 Å². The van der Waals surface area contributed by atoms with Crippen LogP contribution >= 0.6 is 12.4 Å². The van der Waals surface area contributed by atoms with Crippen molar-refractivity contribution < 1.29 is 13.6 Å². The first kappa shape index (κ1) is 16.2. The lowest BCUT2D eigenvalue weighted by atomic mass is 10.0. The first-order valence-electron chi connectivity index (χ1n) is 7.06. The number of benzene rings is 1. The molecule has 2 aliphatic rings. The molecular weight excluding hydrogens is 298 g/mol. The van der Waals surface area contributed by atoms with Gasteiger partial charge in [-0.15, -0.1) is 12.4 Å². The molecule has 1 amide bonds. The molecule has 0 bridgehead atoms. The highest BCUT2D eigenvalue weighted by Crippen LogP contribution is 2.26. The van der Waals surface area contributed by atoms with E-state index in [0.717, 1.165) is 38.3 Å². The maximum atomic E-state index is 13.5. The summed E-state index contributed by atoms with van der Waals surface area (Å²) < 4.78 is 26.5. The number of likely N-dealkylation sites (tertiary alicyclic amines) is 1. The zero-order valence-electron chi connectivity index (χ0n) is 11.6. The van der Waals surface area contributed by atoms with Crippen molar-refractivity contribution in [2.24, 2.45) is 11.8 Å². The minimum Gasteiger partial charge on any atom is -0.342 e. The Morgan fingerprint density at radius 3 is 2.57 bits per heavy atom. The summed E-state index contributed by atoms with van der Waals surface area (Å²) in [5.41, 5.74) is 0.277. The van der Waals surface area contributed by atoms with E-state index in [2.05, 4.69) is 5.32 Å². The van der Waals surface area contributed by atoms with Crippen LogP contribution < -0.4 is 5.32 Å². The molecule has 2 aliphatic heterocycles. The van der Waals surface area contributed by atoms with Crippen LogP contribution in [0.2, 0.25) is 0 Å². The lowest BCUT2D eigenvalue weighted by molar-refractivity contribution is -0.130. The van der Waals surface area contributed by atoms with Gasteiger partial charge < -0.3 is 10.2 Å². The number of amides is 1. The normalized spacial score (nSPS) is 23.8. The fourth-order valence-electron chi connectivity index (χ4n) is 3.19. The van der Waals surface area contributed by atoms with Crippen LogP contribution in [0, 0.1) is 23.5 Å². The number of carbonyl (C=O) groups is 1. The topological polar surface area (TPSA) is 32.3 Å². The van der Waals surface area contributed by atoms with Crippen LogP contribution in [0.4, 0.5) is 8.78 Å². The summed E-state index contributed by atoms with van der Waals surface area (Å²) >= 11 is 0. The van der Waals surface area contributed by atoms with Crippen LogP contribution in [-0.4, -0.2) is 37.0 Å². The van der Waals surface area contributed by atoms with Gasteiger partial charge in [0.1, 0.15) is 11.6 Å². The molecule has 6 heteroatoms. The lowest BCUT2D eigenvalue weighted by Crippen LogP contribution is -2.32. The largest absolute Gasteiger partial charge is 0.342 e. The molecule has 0 unspecified atom stereocenters. The number of carbonyl (C=O) groups excluding carboxylic acids is 1. The van der Waals surface area contributed by atoms with Gasteiger partial charge in [-0.1, -0.05) is 0 Å². The van der Waals surface area contributed by atoms with Gasteiger partial charge in [-0.25, -0.2) is 8.78 Å². The Morgan fingerprint density at radius 1 is 1.24 bits per heavy atom. The minimum absolute atomic E-state index is 0. The molecule has 3 nitrogen and oxygen atoms in total. The highest BCUT2D eigenvalue weighted by molar-refractivity contribution is 5.85. The number of halogens is 3. The average molecular weight is 317 g/mol. The van der Waals surface area contributed by atoms with Crippen LogP contribution in [0.5, 0.6) is 0 Å². The van der Waals surface area contributed by atoms with Gasteiger partial charge in [-0.3, -0.25) is 4.79 Å². The molecule has 2 saturated heterocycles. The first-order chi connectivity index (χ1) is 9.63. The van der Waals surface area contributed by atoms with E-state index in [9.17, 15) is 13.6 Å². The van der Waals surface area contributed by atoms with Crippen LogP contribution in [0.25, 0.3) is 0 Å². The number of rotatable bonds is 3. The van der Waals surface area contributed by atoms with E-state index < -0.39 is 11.6 Å². The summed E-state index contributed by atoms with van der Waals surface area (Å²) in [6.45, 7) is 3.55. The van der Waals surface area contributed by atoms with Crippen LogP contribution in [-0.2, 0) is 11.2 Å². The third kappa shape index (κ3) is 3.52. The van der Waals surface area contributed by atoms with Crippen molar-refractivity contribution in [3.63, 3.8) is 0 Å². The fourth-order valence-corrected chi connectivity index (χ4v) is 3.19. The second kappa shape index (κ2) is 6.71. The predicted molar refractivity (Wildman–Crippen MR) is 78.4 cm³/mol. The Bertz CT molecular complexity index is 514. The third-order valence-electron chi connectivity index (χ3n) is 4.36. The third-order valence-corrected chi connectivity index (χ3v) is 4.36. The lowest BCUT2D eigenvalue weighted by Gasteiger charge is -2.17. The molecule has 0 spiro atoms. The van der Waals surface area contributed by atoms with Crippen LogP contribution in [0.15, 0.2) is 18.2 Å².